The second kappa shape index (κ2) is 4.85. The van der Waals surface area contributed by atoms with Gasteiger partial charge in [0.1, 0.15) is 0 Å². The van der Waals surface area contributed by atoms with Crippen molar-refractivity contribution in [2.45, 2.75) is 6.42 Å². The topological polar surface area (TPSA) is 72.4 Å². The first-order chi connectivity index (χ1) is 9.29. The first kappa shape index (κ1) is 11.9. The van der Waals surface area contributed by atoms with Gasteiger partial charge in [-0.1, -0.05) is 12.1 Å². The van der Waals surface area contributed by atoms with Crippen LogP contribution >= 0.6 is 0 Å². The number of hydrogen-bond acceptors (Lipinski definition) is 4. The fraction of sp³-hybridized carbons (Fsp3) is 0.286. The lowest BCUT2D eigenvalue weighted by Gasteiger charge is -2.19. The van der Waals surface area contributed by atoms with Gasteiger partial charge >= 0.3 is 0 Å². The molecule has 98 valence electrons. The predicted octanol–water partition coefficient (Wildman–Crippen LogP) is 1.65. The third-order valence-corrected chi connectivity index (χ3v) is 3.43. The summed E-state index contributed by atoms with van der Waals surface area (Å²) in [5.41, 5.74) is 7.40. The summed E-state index contributed by atoms with van der Waals surface area (Å²) in [6, 6.07) is 7.69. The highest BCUT2D eigenvalue weighted by Crippen LogP contribution is 2.33. The molecule has 2 aromatic rings. The van der Waals surface area contributed by atoms with E-state index in [2.05, 4.69) is 4.98 Å². The van der Waals surface area contributed by atoms with E-state index in [0.29, 0.717) is 25.3 Å². The Balaban J connectivity index is 2.00. The highest BCUT2D eigenvalue weighted by Gasteiger charge is 2.31. The van der Waals surface area contributed by atoms with Crippen molar-refractivity contribution in [3.05, 3.63) is 36.9 Å². The van der Waals surface area contributed by atoms with E-state index in [1.807, 2.05) is 24.3 Å². The molecule has 1 amide bonds. The standard InChI is InChI=1S/C14H15N3O2/c15-6-10-5-14(18)17(8-10)12-4-2-1-3-11(12)13-7-16-9-19-13/h1-4,7,9-10H,5-6,8,15H2. The molecule has 1 aromatic heterocycles. The second-order valence-corrected chi connectivity index (χ2v) is 4.69. The summed E-state index contributed by atoms with van der Waals surface area (Å²) in [6.45, 7) is 1.20. The molecule has 1 aliphatic rings. The second-order valence-electron chi connectivity index (χ2n) is 4.69. The maximum absolute atomic E-state index is 12.1. The van der Waals surface area contributed by atoms with E-state index in [-0.39, 0.29) is 11.8 Å². The van der Waals surface area contributed by atoms with Crippen LogP contribution in [0.3, 0.4) is 0 Å². The van der Waals surface area contributed by atoms with Gasteiger partial charge in [0.2, 0.25) is 5.91 Å². The summed E-state index contributed by atoms with van der Waals surface area (Å²) in [6.07, 6.45) is 3.56. The highest BCUT2D eigenvalue weighted by molar-refractivity contribution is 5.99. The summed E-state index contributed by atoms with van der Waals surface area (Å²) in [4.78, 5) is 17.8. The summed E-state index contributed by atoms with van der Waals surface area (Å²) in [5.74, 6) is 1.01. The molecule has 5 heteroatoms. The number of nitrogens with zero attached hydrogens (tertiary/aromatic N) is 2. The number of aromatic nitrogens is 1. The van der Waals surface area contributed by atoms with Crippen LogP contribution in [0.25, 0.3) is 11.3 Å². The third kappa shape index (κ3) is 2.13. The van der Waals surface area contributed by atoms with Crippen LogP contribution < -0.4 is 10.6 Å². The normalized spacial score (nSPS) is 19.1. The maximum atomic E-state index is 12.1. The van der Waals surface area contributed by atoms with E-state index >= 15 is 0 Å². The molecular formula is C14H15N3O2. The van der Waals surface area contributed by atoms with Gasteiger partial charge < -0.3 is 15.1 Å². The number of rotatable bonds is 3. The SMILES string of the molecule is NCC1CC(=O)N(c2ccccc2-c2cnco2)C1. The summed E-state index contributed by atoms with van der Waals surface area (Å²) in [7, 11) is 0. The first-order valence-electron chi connectivity index (χ1n) is 6.28. The van der Waals surface area contributed by atoms with E-state index in [1.165, 1.54) is 6.39 Å². The number of anilines is 1. The molecule has 1 unspecified atom stereocenters. The number of oxazole rings is 1. The van der Waals surface area contributed by atoms with Crippen molar-refractivity contribution >= 4 is 11.6 Å². The van der Waals surface area contributed by atoms with Gasteiger partial charge in [-0.05, 0) is 24.6 Å². The van der Waals surface area contributed by atoms with Crippen LogP contribution in [0.2, 0.25) is 0 Å². The van der Waals surface area contributed by atoms with Gasteiger partial charge in [0, 0.05) is 18.5 Å². The van der Waals surface area contributed by atoms with Crippen molar-refractivity contribution in [3.8, 4) is 11.3 Å². The van der Waals surface area contributed by atoms with Crippen LogP contribution in [0.1, 0.15) is 6.42 Å². The Morgan fingerprint density at radius 3 is 2.95 bits per heavy atom. The highest BCUT2D eigenvalue weighted by atomic mass is 16.3. The van der Waals surface area contributed by atoms with E-state index in [0.717, 1.165) is 11.3 Å². The number of carbonyl (C=O) groups is 1. The minimum absolute atomic E-state index is 0.113. The van der Waals surface area contributed by atoms with Gasteiger partial charge in [-0.2, -0.15) is 0 Å². The Kier molecular flexibility index (Phi) is 3.05. The molecule has 5 nitrogen and oxygen atoms in total. The van der Waals surface area contributed by atoms with E-state index < -0.39 is 0 Å². The van der Waals surface area contributed by atoms with E-state index in [9.17, 15) is 4.79 Å². The van der Waals surface area contributed by atoms with Crippen molar-refractivity contribution in [3.63, 3.8) is 0 Å². The van der Waals surface area contributed by atoms with Crippen LogP contribution in [0.4, 0.5) is 5.69 Å². The number of nitrogens with two attached hydrogens (primary N) is 1. The predicted molar refractivity (Wildman–Crippen MR) is 71.5 cm³/mol. The van der Waals surface area contributed by atoms with Crippen LogP contribution in [0.5, 0.6) is 0 Å². The molecule has 1 saturated heterocycles. The summed E-state index contributed by atoms with van der Waals surface area (Å²) < 4.78 is 5.33. The van der Waals surface area contributed by atoms with Crippen LogP contribution in [-0.2, 0) is 4.79 Å². The number of para-hydroxylation sites is 1. The molecular weight excluding hydrogens is 242 g/mol. The lowest BCUT2D eigenvalue weighted by molar-refractivity contribution is -0.117. The molecule has 3 rings (SSSR count). The third-order valence-electron chi connectivity index (χ3n) is 3.43. The summed E-state index contributed by atoms with van der Waals surface area (Å²) in [5, 5.41) is 0. The Morgan fingerprint density at radius 1 is 1.42 bits per heavy atom. The molecule has 0 spiro atoms. The molecule has 19 heavy (non-hydrogen) atoms. The average Bonchev–Trinajstić information content (AvgIpc) is 3.08. The molecule has 0 bridgehead atoms. The van der Waals surface area contributed by atoms with E-state index in [1.54, 1.807) is 11.1 Å². The van der Waals surface area contributed by atoms with Crippen molar-refractivity contribution in [1.82, 2.24) is 4.98 Å². The maximum Gasteiger partial charge on any atom is 0.227 e. The van der Waals surface area contributed by atoms with Gasteiger partial charge in [0.25, 0.3) is 0 Å². The Labute approximate surface area is 111 Å². The smallest absolute Gasteiger partial charge is 0.227 e. The molecule has 0 radical (unpaired) electrons. The lowest BCUT2D eigenvalue weighted by atomic mass is 10.1. The Hall–Kier alpha value is -2.14. The van der Waals surface area contributed by atoms with Gasteiger partial charge in [-0.15, -0.1) is 0 Å². The van der Waals surface area contributed by atoms with E-state index in [4.69, 9.17) is 10.2 Å². The van der Waals surface area contributed by atoms with Gasteiger partial charge in [0.05, 0.1) is 11.9 Å². The summed E-state index contributed by atoms with van der Waals surface area (Å²) >= 11 is 0. The van der Waals surface area contributed by atoms with Crippen molar-refractivity contribution in [2.24, 2.45) is 11.7 Å². The minimum Gasteiger partial charge on any atom is -0.443 e. The van der Waals surface area contributed by atoms with Crippen molar-refractivity contribution in [2.75, 3.05) is 18.0 Å². The quantitative estimate of drug-likeness (QED) is 0.907. The molecule has 2 heterocycles. The zero-order valence-electron chi connectivity index (χ0n) is 10.5. The van der Waals surface area contributed by atoms with Crippen molar-refractivity contribution < 1.29 is 9.21 Å². The Morgan fingerprint density at radius 2 is 2.26 bits per heavy atom. The number of benzene rings is 1. The average molecular weight is 257 g/mol. The molecule has 1 fully saturated rings. The lowest BCUT2D eigenvalue weighted by Crippen LogP contribution is -2.26. The monoisotopic (exact) mass is 257 g/mol. The number of amides is 1. The minimum atomic E-state index is 0.113. The van der Waals surface area contributed by atoms with Crippen LogP contribution in [0.15, 0.2) is 41.3 Å². The first-order valence-corrected chi connectivity index (χ1v) is 6.28. The largest absolute Gasteiger partial charge is 0.443 e. The number of hydrogen-bond donors (Lipinski definition) is 1. The Bertz CT molecular complexity index is 580. The number of carbonyl (C=O) groups excluding carboxylic acids is 1. The van der Waals surface area contributed by atoms with Gasteiger partial charge in [-0.25, -0.2) is 4.98 Å². The van der Waals surface area contributed by atoms with Gasteiger partial charge in [0.15, 0.2) is 12.2 Å². The van der Waals surface area contributed by atoms with Gasteiger partial charge in [-0.3, -0.25) is 4.79 Å². The fourth-order valence-corrected chi connectivity index (χ4v) is 2.44. The molecule has 1 aliphatic heterocycles. The zero-order valence-corrected chi connectivity index (χ0v) is 10.5. The molecule has 0 saturated carbocycles. The van der Waals surface area contributed by atoms with Crippen LogP contribution in [-0.4, -0.2) is 24.0 Å². The zero-order chi connectivity index (χ0) is 13.2. The molecule has 0 aliphatic carbocycles. The van der Waals surface area contributed by atoms with Crippen molar-refractivity contribution in [1.29, 1.82) is 0 Å². The fourth-order valence-electron chi connectivity index (χ4n) is 2.44. The van der Waals surface area contributed by atoms with Crippen LogP contribution in [0, 0.1) is 5.92 Å². The molecule has 2 N–H and O–H groups in total. The molecule has 1 atom stereocenters. The molecule has 1 aromatic carbocycles.